The first-order chi connectivity index (χ1) is 20.2. The number of nitrogens with two attached hydrogens (primary N) is 2. The number of Topliss-reactive ketones (excluding diaryl/α,β-unsaturated/α-hetero) is 1. The number of hydrogen-bond donors (Lipinski definition) is 5. The molecule has 3 aliphatic rings. The number of alkyl carbamates (subject to hydrolysis) is 1. The molecule has 42 heavy (non-hydrogen) atoms. The molecule has 3 heterocycles. The lowest BCUT2D eigenvalue weighted by molar-refractivity contribution is 0.0567. The number of carbonyl (C=O) groups is 3. The van der Waals surface area contributed by atoms with Crippen LogP contribution in [-0.2, 0) is 16.9 Å². The van der Waals surface area contributed by atoms with Crippen LogP contribution in [0.5, 0.6) is 0 Å². The van der Waals surface area contributed by atoms with Crippen molar-refractivity contribution >= 4 is 34.6 Å². The van der Waals surface area contributed by atoms with Crippen LogP contribution in [0.3, 0.4) is 0 Å². The number of hydrogen-bond acceptors (Lipinski definition) is 6. The number of cyclic esters (lactones) is 1. The Bertz CT molecular complexity index is 1590. The highest BCUT2D eigenvalue weighted by Gasteiger charge is 2.53. The van der Waals surface area contributed by atoms with Gasteiger partial charge in [0.25, 0.3) is 5.91 Å². The summed E-state index contributed by atoms with van der Waals surface area (Å²) in [7, 11) is 2.09. The maximum Gasteiger partial charge on any atom is 0.408 e. The number of amides is 2. The Labute approximate surface area is 244 Å². The predicted octanol–water partition coefficient (Wildman–Crippen LogP) is 2.85. The van der Waals surface area contributed by atoms with E-state index in [0.29, 0.717) is 29.8 Å². The molecule has 1 fully saturated rings. The van der Waals surface area contributed by atoms with Crippen LogP contribution >= 0.6 is 0 Å². The van der Waals surface area contributed by atoms with Crippen LogP contribution in [0, 0.1) is 0 Å². The molecule has 0 bridgehead atoms. The summed E-state index contributed by atoms with van der Waals surface area (Å²) in [6.45, 7) is 3.10. The Kier molecular flexibility index (Phi) is 7.14. The van der Waals surface area contributed by atoms with E-state index in [0.717, 1.165) is 35.9 Å². The van der Waals surface area contributed by atoms with Gasteiger partial charge in [-0.25, -0.2) is 4.79 Å². The lowest BCUT2D eigenvalue weighted by Crippen LogP contribution is -2.63. The second-order valence-electron chi connectivity index (χ2n) is 11.7. The van der Waals surface area contributed by atoms with Gasteiger partial charge in [0.05, 0.1) is 17.3 Å². The van der Waals surface area contributed by atoms with Crippen molar-refractivity contribution < 1.29 is 19.1 Å². The van der Waals surface area contributed by atoms with E-state index < -0.39 is 17.7 Å². The van der Waals surface area contributed by atoms with E-state index >= 15 is 0 Å². The molecule has 0 saturated carbocycles. The maximum atomic E-state index is 14.4. The monoisotopic (exact) mass is 571 g/mol. The minimum Gasteiger partial charge on any atom is -0.445 e. The summed E-state index contributed by atoms with van der Waals surface area (Å²) in [5.41, 5.74) is 14.2. The highest BCUT2D eigenvalue weighted by Crippen LogP contribution is 2.52. The van der Waals surface area contributed by atoms with Crippen molar-refractivity contribution in [1.29, 1.82) is 0 Å². The zero-order chi connectivity index (χ0) is 29.6. The Morgan fingerprint density at radius 2 is 1.95 bits per heavy atom. The lowest BCUT2D eigenvalue weighted by Gasteiger charge is -2.53. The third-order valence-electron chi connectivity index (χ3n) is 9.04. The van der Waals surface area contributed by atoms with E-state index in [4.69, 9.17) is 16.2 Å². The molecule has 2 unspecified atom stereocenters. The van der Waals surface area contributed by atoms with E-state index in [2.05, 4.69) is 38.6 Å². The molecular weight excluding hydrogens is 534 g/mol. The maximum absolute atomic E-state index is 14.4. The number of ketones is 1. The Hall–Kier alpha value is -4.38. The standard InChI is InChI=1S/C31H37N7O4/c1-31-24-23-19(20-11-7-15-38(2)27(20)31)10-5-12-21(23)35-25(24)26(39)22(13-6-14-34-29(32)33)36-30(41)42-16-17-8-3-4-9-18(17)28(40)37-31/h3-5,8-10,12,20,22,27,35H,6-7,11,13-16H2,1-2H3,(H,36,41)(H,37,40)(H4,32,33,34)/t20?,22-,27-,31?/m0/s1. The third kappa shape index (κ3) is 4.67. The Balaban J connectivity index is 1.56. The molecule has 2 aliphatic heterocycles. The van der Waals surface area contributed by atoms with Gasteiger partial charge in [0.15, 0.2) is 5.96 Å². The van der Waals surface area contributed by atoms with E-state index in [1.165, 1.54) is 5.56 Å². The van der Waals surface area contributed by atoms with Gasteiger partial charge in [-0.1, -0.05) is 30.3 Å². The van der Waals surface area contributed by atoms with Gasteiger partial charge in [-0.05, 0) is 63.9 Å². The number of likely N-dealkylation sites (tertiary alicyclic amines) is 1. The molecule has 1 aliphatic carbocycles. The highest BCUT2D eigenvalue weighted by atomic mass is 16.5. The van der Waals surface area contributed by atoms with Crippen molar-refractivity contribution in [3.8, 4) is 0 Å². The smallest absolute Gasteiger partial charge is 0.408 e. The number of likely N-dealkylation sites (N-methyl/N-ethyl adjacent to an activating group) is 1. The molecule has 6 rings (SSSR count). The number of aliphatic imine (C=N–C) groups is 1. The minimum absolute atomic E-state index is 0.0347. The normalized spacial score (nSPS) is 26.0. The fraction of sp³-hybridized carbons (Fsp3) is 0.419. The SMILES string of the molecule is CN1CCCC2c3cccc4[nH]c5c(c34)C(C)(NC(=O)c3ccccc3COC(=O)N[C@@H](CCCN=C(N)N)C5=O)[C@H]21. The Morgan fingerprint density at radius 3 is 2.76 bits per heavy atom. The van der Waals surface area contributed by atoms with Crippen molar-refractivity contribution in [3.63, 3.8) is 0 Å². The number of aromatic amines is 1. The number of nitrogens with one attached hydrogen (secondary N) is 3. The topological polar surface area (TPSA) is 168 Å². The fourth-order valence-electron chi connectivity index (χ4n) is 7.35. The average molecular weight is 572 g/mol. The van der Waals surface area contributed by atoms with Crippen molar-refractivity contribution in [2.75, 3.05) is 20.1 Å². The number of nitrogens with zero attached hydrogens (tertiary/aromatic N) is 2. The molecule has 2 aromatic carbocycles. The van der Waals surface area contributed by atoms with Crippen LogP contribution in [0.1, 0.15) is 76.1 Å². The van der Waals surface area contributed by atoms with Gasteiger partial charge in [0.1, 0.15) is 6.61 Å². The van der Waals surface area contributed by atoms with Crippen LogP contribution in [0.4, 0.5) is 4.79 Å². The van der Waals surface area contributed by atoms with Gasteiger partial charge in [-0.15, -0.1) is 0 Å². The van der Waals surface area contributed by atoms with Crippen molar-refractivity contribution in [3.05, 3.63) is 70.4 Å². The molecule has 3 aromatic rings. The van der Waals surface area contributed by atoms with E-state index in [1.54, 1.807) is 24.3 Å². The second kappa shape index (κ2) is 10.8. The molecule has 220 valence electrons. The molecule has 1 saturated heterocycles. The summed E-state index contributed by atoms with van der Waals surface area (Å²) in [6, 6.07) is 12.2. The predicted molar refractivity (Wildman–Crippen MR) is 159 cm³/mol. The van der Waals surface area contributed by atoms with Crippen molar-refractivity contribution in [2.24, 2.45) is 16.5 Å². The lowest BCUT2D eigenvalue weighted by atomic mass is 9.65. The van der Waals surface area contributed by atoms with Crippen molar-refractivity contribution in [2.45, 2.75) is 62.8 Å². The van der Waals surface area contributed by atoms with E-state index in [1.807, 2.05) is 19.1 Å². The first kappa shape index (κ1) is 27.8. The molecule has 11 nitrogen and oxygen atoms in total. The van der Waals surface area contributed by atoms with Crippen LogP contribution < -0.4 is 22.1 Å². The van der Waals surface area contributed by atoms with Crippen LogP contribution in [0.25, 0.3) is 10.9 Å². The fourth-order valence-corrected chi connectivity index (χ4v) is 7.35. The van der Waals surface area contributed by atoms with Crippen LogP contribution in [0.2, 0.25) is 0 Å². The van der Waals surface area contributed by atoms with Gasteiger partial charge in [0, 0.05) is 46.1 Å². The zero-order valence-electron chi connectivity index (χ0n) is 23.9. The van der Waals surface area contributed by atoms with Gasteiger partial charge in [-0.3, -0.25) is 14.6 Å². The molecule has 4 atom stereocenters. The number of H-pyrrole nitrogens is 1. The van der Waals surface area contributed by atoms with Gasteiger partial charge in [-0.2, -0.15) is 0 Å². The van der Waals surface area contributed by atoms with Crippen LogP contribution in [0.15, 0.2) is 47.5 Å². The third-order valence-corrected chi connectivity index (χ3v) is 9.04. The van der Waals surface area contributed by atoms with Gasteiger partial charge >= 0.3 is 6.09 Å². The van der Waals surface area contributed by atoms with Crippen LogP contribution in [-0.4, -0.2) is 65.8 Å². The quantitative estimate of drug-likeness (QED) is 0.182. The summed E-state index contributed by atoms with van der Waals surface area (Å²) >= 11 is 0. The number of rotatable bonds is 4. The van der Waals surface area contributed by atoms with E-state index in [-0.39, 0.29) is 42.6 Å². The number of piperidine rings is 1. The molecule has 0 radical (unpaired) electrons. The molecule has 7 N–H and O–H groups in total. The largest absolute Gasteiger partial charge is 0.445 e. The summed E-state index contributed by atoms with van der Waals surface area (Å²) in [5.74, 6) is -0.446. The minimum atomic E-state index is -0.927. The molecular formula is C31H37N7O4. The summed E-state index contributed by atoms with van der Waals surface area (Å²) in [5, 5.41) is 7.15. The molecule has 0 spiro atoms. The van der Waals surface area contributed by atoms with Crippen molar-refractivity contribution in [1.82, 2.24) is 20.5 Å². The van der Waals surface area contributed by atoms with Gasteiger partial charge < -0.3 is 36.7 Å². The molecule has 1 aromatic heterocycles. The number of carbonyl (C=O) groups excluding carboxylic acids is 3. The summed E-state index contributed by atoms with van der Waals surface area (Å²) in [6.07, 6.45) is 2.01. The average Bonchev–Trinajstić information content (AvgIpc) is 3.37. The number of ether oxygens (including phenoxy) is 1. The second-order valence-corrected chi connectivity index (χ2v) is 11.7. The molecule has 2 amide bonds. The summed E-state index contributed by atoms with van der Waals surface area (Å²) < 4.78 is 5.52. The number of guanidine groups is 1. The Morgan fingerprint density at radius 1 is 1.14 bits per heavy atom. The number of fused-ring (bicyclic) bond motifs is 4. The van der Waals surface area contributed by atoms with Gasteiger partial charge in [0.2, 0.25) is 5.78 Å². The first-order valence-corrected chi connectivity index (χ1v) is 14.5. The van der Waals surface area contributed by atoms with E-state index in [9.17, 15) is 14.4 Å². The number of benzene rings is 2. The zero-order valence-corrected chi connectivity index (χ0v) is 23.9. The highest BCUT2D eigenvalue weighted by molar-refractivity contribution is 6.08. The summed E-state index contributed by atoms with van der Waals surface area (Å²) in [4.78, 5) is 51.3. The number of aromatic nitrogens is 1. The molecule has 11 heteroatoms. The first-order valence-electron chi connectivity index (χ1n) is 14.5.